The Morgan fingerprint density at radius 2 is 1.52 bits per heavy atom. The van der Waals surface area contributed by atoms with E-state index >= 15 is 0 Å². The van der Waals surface area contributed by atoms with Crippen LogP contribution in [0.5, 0.6) is 0 Å². The first-order valence-corrected chi connectivity index (χ1v) is 9.57. The Balaban J connectivity index is 1.71. The second kappa shape index (κ2) is 6.59. The fraction of sp³-hybridized carbons (Fsp3) is 0.478. The van der Waals surface area contributed by atoms with Crippen LogP contribution in [0.15, 0.2) is 48.5 Å². The first-order valence-electron chi connectivity index (χ1n) is 9.57. The summed E-state index contributed by atoms with van der Waals surface area (Å²) in [5, 5.41) is 11.3. The van der Waals surface area contributed by atoms with Crippen molar-refractivity contribution in [2.45, 2.75) is 57.2 Å². The van der Waals surface area contributed by atoms with Gasteiger partial charge in [-0.25, -0.2) is 0 Å². The van der Waals surface area contributed by atoms with Crippen LogP contribution in [0.3, 0.4) is 0 Å². The number of aliphatic hydroxyl groups excluding tert-OH is 1. The van der Waals surface area contributed by atoms with Crippen molar-refractivity contribution in [3.05, 3.63) is 70.8 Å². The summed E-state index contributed by atoms with van der Waals surface area (Å²) in [4.78, 5) is 2.53. The maximum Gasteiger partial charge on any atom is 0.0839 e. The SMILES string of the molecule is Cc1ccc([C@H]2C[C@@H]3CC[C@H]([C@H]2[C@@H](O)c2ccc(C)cc2)N3C)cc1. The minimum absolute atomic E-state index is 0.258. The molecular formula is C23H29NO. The molecule has 2 aromatic carbocycles. The van der Waals surface area contributed by atoms with Crippen molar-refractivity contribution in [1.29, 1.82) is 0 Å². The van der Waals surface area contributed by atoms with Gasteiger partial charge in [-0.05, 0) is 57.2 Å². The zero-order valence-electron chi connectivity index (χ0n) is 15.5. The van der Waals surface area contributed by atoms with Gasteiger partial charge in [0.15, 0.2) is 0 Å². The van der Waals surface area contributed by atoms with Crippen molar-refractivity contribution in [2.75, 3.05) is 7.05 Å². The van der Waals surface area contributed by atoms with Crippen LogP contribution in [-0.4, -0.2) is 29.1 Å². The molecule has 2 nitrogen and oxygen atoms in total. The smallest absolute Gasteiger partial charge is 0.0839 e. The van der Waals surface area contributed by atoms with E-state index in [0.29, 0.717) is 18.0 Å². The van der Waals surface area contributed by atoms with Crippen molar-refractivity contribution < 1.29 is 5.11 Å². The molecule has 2 fully saturated rings. The first kappa shape index (κ1) is 16.8. The van der Waals surface area contributed by atoms with Crippen LogP contribution in [0.25, 0.3) is 0 Å². The number of hydrogen-bond donors (Lipinski definition) is 1. The maximum atomic E-state index is 11.3. The lowest BCUT2D eigenvalue weighted by atomic mass is 9.72. The topological polar surface area (TPSA) is 23.5 Å². The predicted molar refractivity (Wildman–Crippen MR) is 103 cm³/mol. The third-order valence-electron chi connectivity index (χ3n) is 6.62. The molecule has 0 aromatic heterocycles. The van der Waals surface area contributed by atoms with Gasteiger partial charge in [-0.2, -0.15) is 0 Å². The van der Waals surface area contributed by atoms with Crippen molar-refractivity contribution in [3.8, 4) is 0 Å². The fourth-order valence-corrected chi connectivity index (χ4v) is 5.10. The highest BCUT2D eigenvalue weighted by Gasteiger charge is 2.48. The van der Waals surface area contributed by atoms with Crippen molar-refractivity contribution in [3.63, 3.8) is 0 Å². The Labute approximate surface area is 151 Å². The van der Waals surface area contributed by atoms with Gasteiger partial charge in [-0.1, -0.05) is 59.7 Å². The van der Waals surface area contributed by atoms with E-state index in [2.05, 4.69) is 74.3 Å². The normalized spacial score (nSPS) is 30.4. The summed E-state index contributed by atoms with van der Waals surface area (Å²) in [6.07, 6.45) is 3.22. The molecule has 2 aliphatic heterocycles. The Hall–Kier alpha value is -1.64. The van der Waals surface area contributed by atoms with E-state index < -0.39 is 6.10 Å². The number of fused-ring (bicyclic) bond motifs is 2. The lowest BCUT2D eigenvalue weighted by molar-refractivity contribution is 0.00309. The molecule has 0 radical (unpaired) electrons. The minimum atomic E-state index is -0.404. The fourth-order valence-electron chi connectivity index (χ4n) is 5.10. The monoisotopic (exact) mass is 335 g/mol. The third kappa shape index (κ3) is 3.02. The van der Waals surface area contributed by atoms with E-state index in [0.717, 1.165) is 12.0 Å². The summed E-state index contributed by atoms with van der Waals surface area (Å²) < 4.78 is 0. The zero-order chi connectivity index (χ0) is 17.6. The number of benzene rings is 2. The predicted octanol–water partition coefficient (Wildman–Crippen LogP) is 4.60. The molecule has 132 valence electrons. The third-order valence-corrected chi connectivity index (χ3v) is 6.62. The molecule has 0 aliphatic carbocycles. The van der Waals surface area contributed by atoms with Crippen LogP contribution in [0.1, 0.15) is 53.5 Å². The molecule has 0 amide bonds. The summed E-state index contributed by atoms with van der Waals surface area (Å²) in [6.45, 7) is 4.24. The number of rotatable bonds is 3. The number of aliphatic hydroxyl groups is 1. The molecule has 0 saturated carbocycles. The lowest BCUT2D eigenvalue weighted by Crippen LogP contribution is -2.47. The molecule has 25 heavy (non-hydrogen) atoms. The van der Waals surface area contributed by atoms with Gasteiger partial charge in [0.25, 0.3) is 0 Å². The molecule has 0 spiro atoms. The van der Waals surface area contributed by atoms with Gasteiger partial charge < -0.3 is 10.0 Å². The van der Waals surface area contributed by atoms with Gasteiger partial charge in [0.1, 0.15) is 0 Å². The molecule has 4 rings (SSSR count). The van der Waals surface area contributed by atoms with Gasteiger partial charge in [0, 0.05) is 18.0 Å². The highest BCUT2D eigenvalue weighted by Crippen LogP contribution is 2.50. The summed E-state index contributed by atoms with van der Waals surface area (Å²) in [5.74, 6) is 0.694. The van der Waals surface area contributed by atoms with E-state index in [4.69, 9.17) is 0 Å². The quantitative estimate of drug-likeness (QED) is 0.886. The van der Waals surface area contributed by atoms with Gasteiger partial charge in [0.2, 0.25) is 0 Å². The number of nitrogens with zero attached hydrogens (tertiary/aromatic N) is 1. The number of aryl methyl sites for hydroxylation is 2. The van der Waals surface area contributed by atoms with E-state index in [1.807, 2.05) is 0 Å². The summed E-state index contributed by atoms with van der Waals surface area (Å²) >= 11 is 0. The van der Waals surface area contributed by atoms with E-state index in [-0.39, 0.29) is 5.92 Å². The van der Waals surface area contributed by atoms with Crippen molar-refractivity contribution >= 4 is 0 Å². The van der Waals surface area contributed by atoms with Crippen molar-refractivity contribution in [2.24, 2.45) is 5.92 Å². The van der Waals surface area contributed by atoms with Gasteiger partial charge >= 0.3 is 0 Å². The Morgan fingerprint density at radius 1 is 0.920 bits per heavy atom. The largest absolute Gasteiger partial charge is 0.388 e. The van der Waals surface area contributed by atoms with Gasteiger partial charge in [0.05, 0.1) is 6.10 Å². The van der Waals surface area contributed by atoms with E-state index in [1.165, 1.54) is 29.5 Å². The summed E-state index contributed by atoms with van der Waals surface area (Å²) in [6, 6.07) is 18.6. The molecule has 2 heterocycles. The molecule has 5 atom stereocenters. The second-order valence-electron chi connectivity index (χ2n) is 8.15. The average Bonchev–Trinajstić information content (AvgIpc) is 2.85. The van der Waals surface area contributed by atoms with Crippen LogP contribution in [0.2, 0.25) is 0 Å². The Kier molecular flexibility index (Phi) is 4.43. The summed E-state index contributed by atoms with van der Waals surface area (Å²) in [7, 11) is 2.25. The molecule has 2 heteroatoms. The zero-order valence-corrected chi connectivity index (χ0v) is 15.5. The Morgan fingerprint density at radius 3 is 2.16 bits per heavy atom. The number of hydrogen-bond acceptors (Lipinski definition) is 2. The molecule has 1 N–H and O–H groups in total. The molecule has 2 aromatic rings. The molecule has 2 aliphatic rings. The van der Waals surface area contributed by atoms with Crippen molar-refractivity contribution in [1.82, 2.24) is 4.90 Å². The average molecular weight is 335 g/mol. The molecular weight excluding hydrogens is 306 g/mol. The summed E-state index contributed by atoms with van der Waals surface area (Å²) in [5.41, 5.74) is 5.00. The van der Waals surface area contributed by atoms with Gasteiger partial charge in [-0.3, -0.25) is 0 Å². The standard InChI is InChI=1S/C23H29NO/c1-15-4-8-17(9-5-15)20-14-19-12-13-21(24(19)3)22(20)23(25)18-10-6-16(2)7-11-18/h4-11,19-23,25H,12-14H2,1-3H3/t19-,20+,21+,22-,23-/m0/s1. The number of piperidine rings is 1. The molecule has 2 saturated heterocycles. The van der Waals surface area contributed by atoms with E-state index in [1.54, 1.807) is 0 Å². The maximum absolute atomic E-state index is 11.3. The van der Waals surface area contributed by atoms with Crippen LogP contribution in [-0.2, 0) is 0 Å². The van der Waals surface area contributed by atoms with Crippen LogP contribution < -0.4 is 0 Å². The second-order valence-corrected chi connectivity index (χ2v) is 8.15. The first-order chi connectivity index (χ1) is 12.0. The minimum Gasteiger partial charge on any atom is -0.388 e. The van der Waals surface area contributed by atoms with E-state index in [9.17, 15) is 5.11 Å². The van der Waals surface area contributed by atoms with Crippen LogP contribution >= 0.6 is 0 Å². The lowest BCUT2D eigenvalue weighted by Gasteiger charge is -2.45. The van der Waals surface area contributed by atoms with Crippen LogP contribution in [0.4, 0.5) is 0 Å². The Bertz CT molecular complexity index is 721. The highest BCUT2D eigenvalue weighted by molar-refractivity contribution is 5.30. The van der Waals surface area contributed by atoms with Gasteiger partial charge in [-0.15, -0.1) is 0 Å². The highest BCUT2D eigenvalue weighted by atomic mass is 16.3. The molecule has 2 bridgehead atoms. The van der Waals surface area contributed by atoms with Crippen LogP contribution in [0, 0.1) is 19.8 Å². The molecule has 0 unspecified atom stereocenters.